The lowest BCUT2D eigenvalue weighted by Gasteiger charge is -2.04. The first-order valence-corrected chi connectivity index (χ1v) is 7.68. The number of hydrogen-bond acceptors (Lipinski definition) is 6. The quantitative estimate of drug-likeness (QED) is 0.695. The first kappa shape index (κ1) is 17.5. The third-order valence-corrected chi connectivity index (χ3v) is 3.34. The van der Waals surface area contributed by atoms with Crippen molar-refractivity contribution in [3.63, 3.8) is 0 Å². The van der Waals surface area contributed by atoms with Crippen LogP contribution in [0.2, 0.25) is 0 Å². The van der Waals surface area contributed by atoms with Crippen molar-refractivity contribution >= 4 is 5.91 Å². The van der Waals surface area contributed by atoms with E-state index >= 15 is 0 Å². The summed E-state index contributed by atoms with van der Waals surface area (Å²) < 4.78 is 36.5. The Bertz CT molecular complexity index is 887. The lowest BCUT2D eigenvalue weighted by molar-refractivity contribution is 0.0944. The molecule has 0 saturated carbocycles. The number of carbonyl (C=O) groups is 1. The van der Waals surface area contributed by atoms with Crippen molar-refractivity contribution in [1.82, 2.24) is 20.4 Å². The molecule has 7 nitrogen and oxygen atoms in total. The monoisotopic (exact) mass is 360 g/mol. The predicted molar refractivity (Wildman–Crippen MR) is 85.3 cm³/mol. The molecule has 0 fully saturated rings. The first-order chi connectivity index (χ1) is 12.6. The van der Waals surface area contributed by atoms with Gasteiger partial charge in [0.25, 0.3) is 5.91 Å². The van der Waals surface area contributed by atoms with Gasteiger partial charge < -0.3 is 14.6 Å². The molecule has 0 aliphatic rings. The van der Waals surface area contributed by atoms with E-state index in [-0.39, 0.29) is 23.8 Å². The number of benzene rings is 1. The minimum Gasteiger partial charge on any atom is -0.482 e. The molecule has 0 saturated heterocycles. The van der Waals surface area contributed by atoms with Crippen LogP contribution >= 0.6 is 0 Å². The van der Waals surface area contributed by atoms with Crippen molar-refractivity contribution < 1.29 is 22.8 Å². The Morgan fingerprint density at radius 3 is 2.88 bits per heavy atom. The van der Waals surface area contributed by atoms with Crippen LogP contribution in [0.25, 0.3) is 0 Å². The number of carbonyl (C=O) groups excluding carboxylic acids is 1. The molecule has 0 unspecified atom stereocenters. The first-order valence-electron chi connectivity index (χ1n) is 7.68. The van der Waals surface area contributed by atoms with E-state index in [0.29, 0.717) is 19.0 Å². The molecule has 0 aliphatic carbocycles. The number of amides is 1. The van der Waals surface area contributed by atoms with E-state index in [1.807, 2.05) is 0 Å². The van der Waals surface area contributed by atoms with E-state index in [1.165, 1.54) is 12.1 Å². The van der Waals surface area contributed by atoms with Gasteiger partial charge in [0.05, 0.1) is 5.69 Å². The largest absolute Gasteiger partial charge is 0.482 e. The van der Waals surface area contributed by atoms with Gasteiger partial charge in [0.2, 0.25) is 0 Å². The Morgan fingerprint density at radius 1 is 1.23 bits per heavy atom. The molecule has 0 radical (unpaired) electrons. The maximum atomic E-state index is 13.5. The Hall–Kier alpha value is -3.36. The van der Waals surface area contributed by atoms with Crippen LogP contribution in [0, 0.1) is 11.6 Å². The fourth-order valence-corrected chi connectivity index (χ4v) is 2.08. The summed E-state index contributed by atoms with van der Waals surface area (Å²) in [6.07, 6.45) is 5.29. The molecule has 3 rings (SSSR count). The van der Waals surface area contributed by atoms with Gasteiger partial charge in [-0.3, -0.25) is 14.8 Å². The smallest absolute Gasteiger partial charge is 0.273 e. The lowest BCUT2D eigenvalue weighted by Crippen LogP contribution is -2.26. The van der Waals surface area contributed by atoms with E-state index in [0.717, 1.165) is 11.8 Å². The molecule has 3 aromatic rings. The van der Waals surface area contributed by atoms with Gasteiger partial charge in [-0.15, -0.1) is 0 Å². The minimum atomic E-state index is -0.827. The number of halogens is 2. The van der Waals surface area contributed by atoms with Crippen molar-refractivity contribution in [2.45, 2.75) is 13.0 Å². The maximum absolute atomic E-state index is 13.5. The molecule has 0 spiro atoms. The predicted octanol–water partition coefficient (Wildman–Crippen LogP) is 2.29. The molecular formula is C17H14F2N4O3. The Balaban J connectivity index is 1.49. The van der Waals surface area contributed by atoms with Crippen LogP contribution in [0.1, 0.15) is 21.9 Å². The van der Waals surface area contributed by atoms with E-state index in [1.54, 1.807) is 18.6 Å². The van der Waals surface area contributed by atoms with Crippen LogP contribution in [-0.2, 0) is 13.0 Å². The lowest BCUT2D eigenvalue weighted by atomic mass is 10.3. The van der Waals surface area contributed by atoms with Crippen LogP contribution in [0.4, 0.5) is 8.78 Å². The molecule has 0 bridgehead atoms. The average Bonchev–Trinajstić information content (AvgIpc) is 3.11. The SMILES string of the molecule is O=C(NCCc1cnccn1)c1cc(COc2ccc(F)cc2F)on1. The summed E-state index contributed by atoms with van der Waals surface area (Å²) in [4.78, 5) is 20.0. The summed E-state index contributed by atoms with van der Waals surface area (Å²) in [7, 11) is 0. The summed E-state index contributed by atoms with van der Waals surface area (Å²) in [5.41, 5.74) is 0.825. The maximum Gasteiger partial charge on any atom is 0.273 e. The second kappa shape index (κ2) is 8.15. The van der Waals surface area contributed by atoms with Crippen LogP contribution in [0.5, 0.6) is 5.75 Å². The molecule has 1 N–H and O–H groups in total. The molecule has 26 heavy (non-hydrogen) atoms. The van der Waals surface area contributed by atoms with Gasteiger partial charge in [0.1, 0.15) is 12.4 Å². The third kappa shape index (κ3) is 4.59. The normalized spacial score (nSPS) is 10.5. The highest BCUT2D eigenvalue weighted by Crippen LogP contribution is 2.19. The zero-order valence-electron chi connectivity index (χ0n) is 13.5. The summed E-state index contributed by atoms with van der Waals surface area (Å²) >= 11 is 0. The van der Waals surface area contributed by atoms with Crippen molar-refractivity contribution in [2.24, 2.45) is 0 Å². The second-order valence-corrected chi connectivity index (χ2v) is 5.24. The van der Waals surface area contributed by atoms with Gasteiger partial charge in [-0.1, -0.05) is 5.16 Å². The zero-order chi connectivity index (χ0) is 18.4. The molecule has 0 atom stereocenters. The summed E-state index contributed by atoms with van der Waals surface area (Å²) in [5, 5.41) is 6.32. The highest BCUT2D eigenvalue weighted by atomic mass is 19.1. The van der Waals surface area contributed by atoms with E-state index < -0.39 is 17.5 Å². The Morgan fingerprint density at radius 2 is 2.12 bits per heavy atom. The highest BCUT2D eigenvalue weighted by Gasteiger charge is 2.13. The number of aromatic nitrogens is 3. The minimum absolute atomic E-state index is 0.0716. The Labute approximate surface area is 147 Å². The summed E-state index contributed by atoms with van der Waals surface area (Å²) in [6, 6.07) is 4.35. The van der Waals surface area contributed by atoms with Crippen LogP contribution in [0.15, 0.2) is 47.4 Å². The van der Waals surface area contributed by atoms with E-state index in [9.17, 15) is 13.6 Å². The van der Waals surface area contributed by atoms with Gasteiger partial charge in [0.15, 0.2) is 23.0 Å². The van der Waals surface area contributed by atoms with E-state index in [4.69, 9.17) is 9.26 Å². The van der Waals surface area contributed by atoms with Crippen LogP contribution < -0.4 is 10.1 Å². The van der Waals surface area contributed by atoms with E-state index in [2.05, 4.69) is 20.4 Å². The molecule has 9 heteroatoms. The number of hydrogen-bond donors (Lipinski definition) is 1. The molecule has 0 aliphatic heterocycles. The third-order valence-electron chi connectivity index (χ3n) is 3.34. The zero-order valence-corrected chi connectivity index (χ0v) is 13.5. The van der Waals surface area contributed by atoms with Crippen molar-refractivity contribution in [1.29, 1.82) is 0 Å². The fourth-order valence-electron chi connectivity index (χ4n) is 2.08. The van der Waals surface area contributed by atoms with Crippen LogP contribution in [0.3, 0.4) is 0 Å². The van der Waals surface area contributed by atoms with Crippen molar-refractivity contribution in [2.75, 3.05) is 6.54 Å². The molecule has 1 aromatic carbocycles. The van der Waals surface area contributed by atoms with Crippen molar-refractivity contribution in [3.8, 4) is 5.75 Å². The molecule has 134 valence electrons. The van der Waals surface area contributed by atoms with Gasteiger partial charge in [-0.05, 0) is 12.1 Å². The number of nitrogens with zero attached hydrogens (tertiary/aromatic N) is 3. The second-order valence-electron chi connectivity index (χ2n) is 5.24. The standard InChI is InChI=1S/C17H14F2N4O3/c18-11-1-2-16(14(19)7-11)25-10-13-8-15(23-26-13)17(24)22-4-3-12-9-20-5-6-21-12/h1-2,5-9H,3-4,10H2,(H,22,24). The molecule has 2 aromatic heterocycles. The average molecular weight is 360 g/mol. The van der Waals surface area contributed by atoms with Gasteiger partial charge in [-0.2, -0.15) is 0 Å². The fraction of sp³-hybridized carbons (Fsp3) is 0.176. The Kier molecular flexibility index (Phi) is 5.47. The van der Waals surface area contributed by atoms with Gasteiger partial charge >= 0.3 is 0 Å². The van der Waals surface area contributed by atoms with Gasteiger partial charge in [-0.25, -0.2) is 8.78 Å². The summed E-state index contributed by atoms with van der Waals surface area (Å²) in [5.74, 6) is -1.84. The van der Waals surface area contributed by atoms with Gasteiger partial charge in [0, 0.05) is 43.7 Å². The van der Waals surface area contributed by atoms with Crippen LogP contribution in [-0.4, -0.2) is 27.6 Å². The molecule has 2 heterocycles. The number of nitrogens with one attached hydrogen (secondary N) is 1. The topological polar surface area (TPSA) is 90.1 Å². The number of rotatable bonds is 7. The highest BCUT2D eigenvalue weighted by molar-refractivity contribution is 5.92. The summed E-state index contributed by atoms with van der Waals surface area (Å²) in [6.45, 7) is 0.208. The molecule has 1 amide bonds. The number of ether oxygens (including phenoxy) is 1. The molecular weight excluding hydrogens is 346 g/mol. The van der Waals surface area contributed by atoms with Crippen molar-refractivity contribution in [3.05, 3.63) is 71.6 Å².